The van der Waals surface area contributed by atoms with Crippen LogP contribution < -0.4 is 5.73 Å². The van der Waals surface area contributed by atoms with Crippen molar-refractivity contribution in [3.63, 3.8) is 0 Å². The van der Waals surface area contributed by atoms with Crippen molar-refractivity contribution in [3.8, 4) is 0 Å². The SMILES string of the molecule is CCOC(C)Cn1c(N)nc2c(Cl)cccc21. The lowest BCUT2D eigenvalue weighted by atomic mass is 10.3. The molecule has 1 unspecified atom stereocenters. The summed E-state index contributed by atoms with van der Waals surface area (Å²) in [6.07, 6.45) is 0.0960. The third-order valence-electron chi connectivity index (χ3n) is 2.65. The van der Waals surface area contributed by atoms with Crippen molar-refractivity contribution in [2.24, 2.45) is 0 Å². The molecule has 0 saturated heterocycles. The Morgan fingerprint density at radius 1 is 1.53 bits per heavy atom. The number of nitrogens with zero attached hydrogens (tertiary/aromatic N) is 2. The summed E-state index contributed by atoms with van der Waals surface area (Å²) in [6, 6.07) is 5.67. The Balaban J connectivity index is 2.40. The van der Waals surface area contributed by atoms with Gasteiger partial charge >= 0.3 is 0 Å². The Labute approximate surface area is 105 Å². The Bertz CT molecular complexity index is 524. The zero-order valence-electron chi connectivity index (χ0n) is 9.98. The van der Waals surface area contributed by atoms with Gasteiger partial charge in [-0.05, 0) is 26.0 Å². The molecule has 1 atom stereocenters. The number of nitrogens with two attached hydrogens (primary N) is 1. The second-order valence-electron chi connectivity index (χ2n) is 3.95. The Morgan fingerprint density at radius 2 is 2.29 bits per heavy atom. The number of fused-ring (bicyclic) bond motifs is 1. The summed E-state index contributed by atoms with van der Waals surface area (Å²) >= 11 is 6.08. The van der Waals surface area contributed by atoms with E-state index in [4.69, 9.17) is 22.1 Å². The zero-order chi connectivity index (χ0) is 12.4. The quantitative estimate of drug-likeness (QED) is 0.912. The molecule has 92 valence electrons. The van der Waals surface area contributed by atoms with Crippen LogP contribution in [0.15, 0.2) is 18.2 Å². The molecule has 2 rings (SSSR count). The zero-order valence-corrected chi connectivity index (χ0v) is 10.7. The highest BCUT2D eigenvalue weighted by molar-refractivity contribution is 6.35. The maximum Gasteiger partial charge on any atom is 0.201 e. The van der Waals surface area contributed by atoms with Crippen LogP contribution in [0.3, 0.4) is 0 Å². The van der Waals surface area contributed by atoms with Gasteiger partial charge in [-0.15, -0.1) is 0 Å². The highest BCUT2D eigenvalue weighted by Crippen LogP contribution is 2.25. The van der Waals surface area contributed by atoms with Gasteiger partial charge in [0.2, 0.25) is 5.95 Å². The first-order valence-electron chi connectivity index (χ1n) is 5.65. The van der Waals surface area contributed by atoms with E-state index in [1.807, 2.05) is 36.6 Å². The molecule has 5 heteroatoms. The van der Waals surface area contributed by atoms with Crippen LogP contribution in [0.2, 0.25) is 5.02 Å². The summed E-state index contributed by atoms with van der Waals surface area (Å²) < 4.78 is 7.44. The Morgan fingerprint density at radius 3 is 3.00 bits per heavy atom. The summed E-state index contributed by atoms with van der Waals surface area (Å²) in [5.74, 6) is 0.472. The van der Waals surface area contributed by atoms with Crippen LogP contribution in [0, 0.1) is 0 Å². The average Bonchev–Trinajstić information content (AvgIpc) is 2.58. The van der Waals surface area contributed by atoms with Gasteiger partial charge in [0, 0.05) is 6.61 Å². The molecule has 2 aromatic rings. The third kappa shape index (κ3) is 2.37. The molecule has 0 radical (unpaired) electrons. The van der Waals surface area contributed by atoms with E-state index in [9.17, 15) is 0 Å². The highest BCUT2D eigenvalue weighted by atomic mass is 35.5. The first kappa shape index (κ1) is 12.2. The molecule has 0 aliphatic rings. The fourth-order valence-electron chi connectivity index (χ4n) is 1.92. The van der Waals surface area contributed by atoms with Gasteiger partial charge in [0.25, 0.3) is 0 Å². The number of halogens is 1. The molecule has 0 aliphatic heterocycles. The van der Waals surface area contributed by atoms with Crippen molar-refractivity contribution in [1.82, 2.24) is 9.55 Å². The molecule has 0 saturated carbocycles. The number of benzene rings is 1. The molecule has 1 heterocycles. The summed E-state index contributed by atoms with van der Waals surface area (Å²) in [5.41, 5.74) is 7.60. The molecule has 0 spiro atoms. The molecule has 17 heavy (non-hydrogen) atoms. The van der Waals surface area contributed by atoms with E-state index in [0.29, 0.717) is 24.1 Å². The van der Waals surface area contributed by atoms with Crippen LogP contribution in [0.4, 0.5) is 5.95 Å². The van der Waals surface area contributed by atoms with Crippen LogP contribution in [0.25, 0.3) is 11.0 Å². The summed E-state index contributed by atoms with van der Waals surface area (Å²) in [4.78, 5) is 4.28. The second-order valence-corrected chi connectivity index (χ2v) is 4.36. The second kappa shape index (κ2) is 4.94. The van der Waals surface area contributed by atoms with Gasteiger partial charge in [-0.1, -0.05) is 17.7 Å². The van der Waals surface area contributed by atoms with Gasteiger partial charge in [0.1, 0.15) is 5.52 Å². The lowest BCUT2D eigenvalue weighted by Gasteiger charge is -2.13. The first-order valence-corrected chi connectivity index (χ1v) is 6.03. The Kier molecular flexibility index (Phi) is 3.54. The van der Waals surface area contributed by atoms with Crippen molar-refractivity contribution < 1.29 is 4.74 Å². The van der Waals surface area contributed by atoms with E-state index >= 15 is 0 Å². The topological polar surface area (TPSA) is 53.1 Å². The largest absolute Gasteiger partial charge is 0.377 e. The van der Waals surface area contributed by atoms with E-state index in [1.54, 1.807) is 0 Å². The van der Waals surface area contributed by atoms with Crippen LogP contribution in [0.1, 0.15) is 13.8 Å². The van der Waals surface area contributed by atoms with Gasteiger partial charge in [0.15, 0.2) is 0 Å². The number of nitrogen functional groups attached to an aromatic ring is 1. The maximum absolute atomic E-state index is 6.08. The average molecular weight is 254 g/mol. The van der Waals surface area contributed by atoms with E-state index in [2.05, 4.69) is 4.98 Å². The van der Waals surface area contributed by atoms with E-state index in [-0.39, 0.29) is 6.10 Å². The van der Waals surface area contributed by atoms with Gasteiger partial charge in [0.05, 0.1) is 23.2 Å². The molecule has 1 aromatic carbocycles. The van der Waals surface area contributed by atoms with Crippen molar-refractivity contribution >= 4 is 28.6 Å². The van der Waals surface area contributed by atoms with Crippen molar-refractivity contribution in [2.75, 3.05) is 12.3 Å². The number of aromatic nitrogens is 2. The van der Waals surface area contributed by atoms with Crippen molar-refractivity contribution in [3.05, 3.63) is 23.2 Å². The number of hydrogen-bond donors (Lipinski definition) is 1. The molecule has 1 aromatic heterocycles. The van der Waals surface area contributed by atoms with Gasteiger partial charge in [-0.2, -0.15) is 0 Å². The number of anilines is 1. The summed E-state index contributed by atoms with van der Waals surface area (Å²) in [7, 11) is 0. The minimum Gasteiger partial charge on any atom is -0.377 e. The normalized spacial score (nSPS) is 13.1. The summed E-state index contributed by atoms with van der Waals surface area (Å²) in [6.45, 7) is 5.35. The first-order chi connectivity index (χ1) is 8.13. The van der Waals surface area contributed by atoms with E-state index < -0.39 is 0 Å². The standard InChI is InChI=1S/C12H16ClN3O/c1-3-17-8(2)7-16-10-6-4-5-9(13)11(10)15-12(16)14/h4-6,8H,3,7H2,1-2H3,(H2,14,15). The van der Waals surface area contributed by atoms with Crippen LogP contribution in [0.5, 0.6) is 0 Å². The molecular formula is C12H16ClN3O. The Hall–Kier alpha value is -1.26. The molecule has 0 aliphatic carbocycles. The molecular weight excluding hydrogens is 238 g/mol. The number of ether oxygens (including phenoxy) is 1. The highest BCUT2D eigenvalue weighted by Gasteiger charge is 2.12. The fourth-order valence-corrected chi connectivity index (χ4v) is 2.13. The minimum atomic E-state index is 0.0960. The van der Waals surface area contributed by atoms with Crippen LogP contribution in [-0.4, -0.2) is 22.3 Å². The lowest BCUT2D eigenvalue weighted by molar-refractivity contribution is 0.0652. The number of imidazole rings is 1. The molecule has 4 nitrogen and oxygen atoms in total. The lowest BCUT2D eigenvalue weighted by Crippen LogP contribution is -2.17. The van der Waals surface area contributed by atoms with Crippen LogP contribution >= 0.6 is 11.6 Å². The number of hydrogen-bond acceptors (Lipinski definition) is 3. The van der Waals surface area contributed by atoms with Gasteiger partial charge < -0.3 is 15.0 Å². The molecule has 0 bridgehead atoms. The maximum atomic E-state index is 6.08. The number of rotatable bonds is 4. The van der Waals surface area contributed by atoms with E-state index in [0.717, 1.165) is 11.0 Å². The van der Waals surface area contributed by atoms with Crippen LogP contribution in [-0.2, 0) is 11.3 Å². The summed E-state index contributed by atoms with van der Waals surface area (Å²) in [5, 5.41) is 0.622. The monoisotopic (exact) mass is 253 g/mol. The fraction of sp³-hybridized carbons (Fsp3) is 0.417. The predicted octanol–water partition coefficient (Wildman–Crippen LogP) is 2.70. The third-order valence-corrected chi connectivity index (χ3v) is 2.96. The smallest absolute Gasteiger partial charge is 0.201 e. The predicted molar refractivity (Wildman–Crippen MR) is 70.2 cm³/mol. The van der Waals surface area contributed by atoms with E-state index in [1.165, 1.54) is 0 Å². The van der Waals surface area contributed by atoms with Crippen molar-refractivity contribution in [2.45, 2.75) is 26.5 Å². The molecule has 2 N–H and O–H groups in total. The molecule has 0 amide bonds. The number of para-hydroxylation sites is 1. The van der Waals surface area contributed by atoms with Gasteiger partial charge in [-0.25, -0.2) is 4.98 Å². The van der Waals surface area contributed by atoms with Crippen molar-refractivity contribution in [1.29, 1.82) is 0 Å². The molecule has 0 fully saturated rings. The minimum absolute atomic E-state index is 0.0960. The van der Waals surface area contributed by atoms with Gasteiger partial charge in [-0.3, -0.25) is 0 Å².